The molecule has 30 heavy (non-hydrogen) atoms. The van der Waals surface area contributed by atoms with E-state index in [1.54, 1.807) is 11.1 Å². The smallest absolute Gasteiger partial charge is 0.236 e. The van der Waals surface area contributed by atoms with Crippen molar-refractivity contribution in [1.82, 2.24) is 29.6 Å². The third-order valence-electron chi connectivity index (χ3n) is 6.55. The molecule has 5 rings (SSSR count). The zero-order valence-electron chi connectivity index (χ0n) is 16.3. The van der Waals surface area contributed by atoms with Gasteiger partial charge in [-0.2, -0.15) is 15.6 Å². The van der Waals surface area contributed by atoms with E-state index >= 15 is 0 Å². The van der Waals surface area contributed by atoms with Gasteiger partial charge < -0.3 is 9.88 Å². The molecule has 1 saturated heterocycles. The van der Waals surface area contributed by atoms with Crippen LogP contribution in [0.3, 0.4) is 0 Å². The molecule has 3 atom stereocenters. The van der Waals surface area contributed by atoms with E-state index < -0.39 is 0 Å². The van der Waals surface area contributed by atoms with E-state index in [1.807, 2.05) is 29.2 Å². The Labute approximate surface area is 173 Å². The fourth-order valence-corrected chi connectivity index (χ4v) is 5.21. The molecule has 3 aromatic rings. The van der Waals surface area contributed by atoms with Gasteiger partial charge in [0, 0.05) is 36.4 Å². The lowest BCUT2D eigenvalue weighted by Crippen LogP contribution is -2.35. The Kier molecular flexibility index (Phi) is 4.25. The first-order chi connectivity index (χ1) is 14.6. The number of H-pyrrole nitrogens is 1. The molecular formula is C21H20N8O. The molecule has 1 aliphatic carbocycles. The highest BCUT2D eigenvalue weighted by Gasteiger charge is 2.51. The third kappa shape index (κ3) is 2.82. The molecule has 1 amide bonds. The lowest BCUT2D eigenvalue weighted by molar-refractivity contribution is -0.129. The van der Waals surface area contributed by atoms with E-state index in [4.69, 9.17) is 5.26 Å². The summed E-state index contributed by atoms with van der Waals surface area (Å²) in [7, 11) is 0. The van der Waals surface area contributed by atoms with E-state index in [0.717, 1.165) is 35.1 Å². The van der Waals surface area contributed by atoms with Gasteiger partial charge in [-0.05, 0) is 30.7 Å². The number of rotatable bonds is 4. The minimum absolute atomic E-state index is 0.0716. The van der Waals surface area contributed by atoms with Crippen molar-refractivity contribution in [1.29, 1.82) is 10.5 Å². The van der Waals surface area contributed by atoms with Crippen LogP contribution in [0.4, 0.5) is 0 Å². The van der Waals surface area contributed by atoms with Gasteiger partial charge in [-0.1, -0.05) is 0 Å². The van der Waals surface area contributed by atoms with Gasteiger partial charge in [0.1, 0.15) is 18.4 Å². The zero-order chi connectivity index (χ0) is 20.7. The fourth-order valence-electron chi connectivity index (χ4n) is 5.21. The highest BCUT2D eigenvalue weighted by Crippen LogP contribution is 2.49. The quantitative estimate of drug-likeness (QED) is 0.715. The summed E-state index contributed by atoms with van der Waals surface area (Å²) in [6, 6.07) is 6.24. The molecule has 3 aromatic heterocycles. The molecule has 9 heteroatoms. The molecule has 2 aliphatic rings. The van der Waals surface area contributed by atoms with Gasteiger partial charge in [-0.25, -0.2) is 9.97 Å². The number of hydrogen-bond acceptors (Lipinski definition) is 6. The van der Waals surface area contributed by atoms with Gasteiger partial charge in [0.25, 0.3) is 0 Å². The number of aromatic amines is 1. The Morgan fingerprint density at radius 3 is 2.77 bits per heavy atom. The molecule has 150 valence electrons. The molecule has 1 saturated carbocycles. The number of fused-ring (bicyclic) bond motifs is 2. The van der Waals surface area contributed by atoms with E-state index in [2.05, 4.69) is 26.1 Å². The third-order valence-corrected chi connectivity index (χ3v) is 6.55. The summed E-state index contributed by atoms with van der Waals surface area (Å²) in [6.07, 6.45) is 9.04. The maximum Gasteiger partial charge on any atom is 0.236 e. The number of carbonyl (C=O) groups is 1. The maximum absolute atomic E-state index is 12.1. The minimum atomic E-state index is -0.378. The van der Waals surface area contributed by atoms with Crippen LogP contribution in [-0.4, -0.2) is 48.6 Å². The summed E-state index contributed by atoms with van der Waals surface area (Å²) < 4.78 is 1.94. The number of amides is 1. The van der Waals surface area contributed by atoms with Crippen molar-refractivity contribution in [3.05, 3.63) is 31.0 Å². The minimum Gasteiger partial charge on any atom is -0.346 e. The predicted molar refractivity (Wildman–Crippen MR) is 106 cm³/mol. The fraction of sp³-hybridized carbons (Fsp3) is 0.429. The van der Waals surface area contributed by atoms with E-state index in [-0.39, 0.29) is 17.9 Å². The largest absolute Gasteiger partial charge is 0.346 e. The first kappa shape index (κ1) is 18.3. The van der Waals surface area contributed by atoms with Crippen LogP contribution in [0, 0.1) is 34.5 Å². The number of nitrogens with zero attached hydrogens (tertiary/aromatic N) is 7. The van der Waals surface area contributed by atoms with Crippen molar-refractivity contribution < 1.29 is 4.79 Å². The average Bonchev–Trinajstić information content (AvgIpc) is 3.50. The van der Waals surface area contributed by atoms with Crippen molar-refractivity contribution in [2.75, 3.05) is 13.1 Å². The topological polar surface area (TPSA) is 127 Å². The number of likely N-dealkylation sites (tertiary alicyclic amines) is 1. The standard InChI is InChI=1S/C21H20N8O/c22-4-1-18(30)28-10-14-7-21(3-5-23,8-15(14)11-28)29-12-16(9-27-29)19-17-2-6-24-20(17)26-13-25-19/h2,6,9,12-15H,1,3,7-8,10-11H2,(H,24,25,26)/t14-,15+,21-. The lowest BCUT2D eigenvalue weighted by Gasteiger charge is -2.29. The normalized spacial score (nSPS) is 25.2. The number of nitrogens with one attached hydrogen (secondary N) is 1. The predicted octanol–water partition coefficient (Wildman–Crippen LogP) is 2.21. The Balaban J connectivity index is 1.42. The maximum atomic E-state index is 12.1. The SMILES string of the molecule is N#CCC(=O)N1C[C@@H]2C[C@](CC#N)(n3cc(-c4ncnc5[nH]ccc45)cn3)C[C@@H]2C1. The lowest BCUT2D eigenvalue weighted by atomic mass is 9.92. The molecular weight excluding hydrogens is 380 g/mol. The van der Waals surface area contributed by atoms with Crippen molar-refractivity contribution in [3.63, 3.8) is 0 Å². The second kappa shape index (κ2) is 6.96. The van der Waals surface area contributed by atoms with Gasteiger partial charge >= 0.3 is 0 Å². The molecule has 0 unspecified atom stereocenters. The van der Waals surface area contributed by atoms with E-state index in [0.29, 0.717) is 31.3 Å². The van der Waals surface area contributed by atoms with Gasteiger partial charge in [0.2, 0.25) is 5.91 Å². The zero-order valence-corrected chi connectivity index (χ0v) is 16.3. The number of carbonyl (C=O) groups excluding carboxylic acids is 1. The molecule has 1 aliphatic heterocycles. The summed E-state index contributed by atoms with van der Waals surface area (Å²) >= 11 is 0. The van der Waals surface area contributed by atoms with Crippen LogP contribution >= 0.6 is 0 Å². The first-order valence-corrected chi connectivity index (χ1v) is 9.99. The highest BCUT2D eigenvalue weighted by molar-refractivity contribution is 5.90. The van der Waals surface area contributed by atoms with Crippen LogP contribution in [-0.2, 0) is 10.3 Å². The number of nitriles is 2. The van der Waals surface area contributed by atoms with Crippen LogP contribution in [0.1, 0.15) is 25.7 Å². The average molecular weight is 400 g/mol. The van der Waals surface area contributed by atoms with Crippen LogP contribution in [0.5, 0.6) is 0 Å². The molecule has 0 aromatic carbocycles. The molecule has 0 radical (unpaired) electrons. The second-order valence-electron chi connectivity index (χ2n) is 8.26. The molecule has 4 heterocycles. The molecule has 9 nitrogen and oxygen atoms in total. The van der Waals surface area contributed by atoms with Gasteiger partial charge in [0.05, 0.1) is 36.0 Å². The van der Waals surface area contributed by atoms with Crippen molar-refractivity contribution in [2.24, 2.45) is 11.8 Å². The number of aromatic nitrogens is 5. The molecule has 2 fully saturated rings. The summed E-state index contributed by atoms with van der Waals surface area (Å²) in [5, 5.41) is 23.9. The van der Waals surface area contributed by atoms with E-state index in [9.17, 15) is 10.1 Å². The Morgan fingerprint density at radius 1 is 1.23 bits per heavy atom. The Morgan fingerprint density at radius 2 is 2.03 bits per heavy atom. The van der Waals surface area contributed by atoms with Gasteiger partial charge in [-0.3, -0.25) is 9.48 Å². The van der Waals surface area contributed by atoms with Crippen LogP contribution in [0.15, 0.2) is 31.0 Å². The molecule has 0 bridgehead atoms. The Bertz CT molecular complexity index is 1180. The number of hydrogen-bond donors (Lipinski definition) is 1. The first-order valence-electron chi connectivity index (χ1n) is 9.99. The summed E-state index contributed by atoms with van der Waals surface area (Å²) in [4.78, 5) is 25.7. The summed E-state index contributed by atoms with van der Waals surface area (Å²) in [5.74, 6) is 0.548. The van der Waals surface area contributed by atoms with Gasteiger partial charge in [-0.15, -0.1) is 0 Å². The van der Waals surface area contributed by atoms with Crippen LogP contribution in [0.2, 0.25) is 0 Å². The monoisotopic (exact) mass is 400 g/mol. The summed E-state index contributed by atoms with van der Waals surface area (Å²) in [6.45, 7) is 1.31. The molecule has 0 spiro atoms. The van der Waals surface area contributed by atoms with E-state index in [1.165, 1.54) is 6.33 Å². The summed E-state index contributed by atoms with van der Waals surface area (Å²) in [5.41, 5.74) is 2.10. The highest BCUT2D eigenvalue weighted by atomic mass is 16.2. The molecule has 1 N–H and O–H groups in total. The van der Waals surface area contributed by atoms with Crippen LogP contribution in [0.25, 0.3) is 22.3 Å². The van der Waals surface area contributed by atoms with Gasteiger partial charge in [0.15, 0.2) is 0 Å². The van der Waals surface area contributed by atoms with Crippen molar-refractivity contribution in [3.8, 4) is 23.4 Å². The van der Waals surface area contributed by atoms with Crippen molar-refractivity contribution in [2.45, 2.75) is 31.2 Å². The second-order valence-corrected chi connectivity index (χ2v) is 8.26. The van der Waals surface area contributed by atoms with Crippen molar-refractivity contribution >= 4 is 16.9 Å². The Hall–Kier alpha value is -3.72. The van der Waals surface area contributed by atoms with Crippen LogP contribution < -0.4 is 0 Å².